The van der Waals surface area contributed by atoms with Gasteiger partial charge < -0.3 is 4.90 Å². The third kappa shape index (κ3) is 2.94. The summed E-state index contributed by atoms with van der Waals surface area (Å²) in [7, 11) is 1.78. The largest absolute Gasteiger partial charge is 0.341 e. The van der Waals surface area contributed by atoms with E-state index in [1.54, 1.807) is 16.8 Å². The number of benzene rings is 2. The SMILES string of the molecule is CN(Cc1ccccc1)C(=O)[C@@H]1CC(=O)N(c2n[nH]c3ccccc23)C1. The molecule has 4 rings (SSSR count). The second-order valence-corrected chi connectivity index (χ2v) is 6.68. The molecule has 0 saturated carbocycles. The smallest absolute Gasteiger partial charge is 0.229 e. The molecule has 1 aliphatic rings. The van der Waals surface area contributed by atoms with E-state index in [0.29, 0.717) is 18.9 Å². The van der Waals surface area contributed by atoms with Gasteiger partial charge in [0, 0.05) is 31.9 Å². The van der Waals surface area contributed by atoms with Crippen LogP contribution in [0.25, 0.3) is 10.9 Å². The average molecular weight is 348 g/mol. The van der Waals surface area contributed by atoms with Crippen molar-refractivity contribution >= 4 is 28.5 Å². The van der Waals surface area contributed by atoms with E-state index in [4.69, 9.17) is 0 Å². The summed E-state index contributed by atoms with van der Waals surface area (Å²) in [5.74, 6) is 0.191. The van der Waals surface area contributed by atoms with Crippen molar-refractivity contribution in [3.8, 4) is 0 Å². The van der Waals surface area contributed by atoms with Gasteiger partial charge in [0.1, 0.15) is 0 Å². The maximum atomic E-state index is 12.8. The van der Waals surface area contributed by atoms with Crippen molar-refractivity contribution in [3.63, 3.8) is 0 Å². The molecule has 2 aromatic carbocycles. The van der Waals surface area contributed by atoms with E-state index in [1.807, 2.05) is 54.6 Å². The Bertz CT molecular complexity index is 951. The third-order valence-corrected chi connectivity index (χ3v) is 4.82. The van der Waals surface area contributed by atoms with Crippen molar-refractivity contribution in [3.05, 3.63) is 60.2 Å². The molecule has 1 N–H and O–H groups in total. The predicted octanol–water partition coefficient (Wildman–Crippen LogP) is 2.57. The number of rotatable bonds is 4. The number of H-pyrrole nitrogens is 1. The lowest BCUT2D eigenvalue weighted by Crippen LogP contribution is -2.34. The summed E-state index contributed by atoms with van der Waals surface area (Å²) in [5, 5.41) is 8.13. The molecule has 0 bridgehead atoms. The molecule has 1 fully saturated rings. The van der Waals surface area contributed by atoms with Gasteiger partial charge in [-0.25, -0.2) is 0 Å². The van der Waals surface area contributed by atoms with Gasteiger partial charge in [0.2, 0.25) is 11.8 Å². The van der Waals surface area contributed by atoms with Crippen LogP contribution in [0, 0.1) is 5.92 Å². The van der Waals surface area contributed by atoms with Crippen LogP contribution in [0.4, 0.5) is 5.82 Å². The highest BCUT2D eigenvalue weighted by Crippen LogP contribution is 2.30. The highest BCUT2D eigenvalue weighted by Gasteiger charge is 2.38. The first-order valence-electron chi connectivity index (χ1n) is 8.66. The lowest BCUT2D eigenvalue weighted by molar-refractivity contribution is -0.135. The monoisotopic (exact) mass is 348 g/mol. The first kappa shape index (κ1) is 16.3. The van der Waals surface area contributed by atoms with Gasteiger partial charge in [0.15, 0.2) is 5.82 Å². The predicted molar refractivity (Wildman–Crippen MR) is 99.5 cm³/mol. The molecule has 2 amide bonds. The molecule has 0 spiro atoms. The molecule has 132 valence electrons. The van der Waals surface area contributed by atoms with Gasteiger partial charge in [0.25, 0.3) is 0 Å². The van der Waals surface area contributed by atoms with Crippen molar-refractivity contribution in [2.75, 3.05) is 18.5 Å². The number of anilines is 1. The number of aromatic amines is 1. The Hall–Kier alpha value is -3.15. The Labute approximate surface area is 151 Å². The van der Waals surface area contributed by atoms with Crippen LogP contribution in [-0.4, -0.2) is 40.5 Å². The highest BCUT2D eigenvalue weighted by molar-refractivity contribution is 6.05. The van der Waals surface area contributed by atoms with Crippen LogP contribution in [0.3, 0.4) is 0 Å². The van der Waals surface area contributed by atoms with Gasteiger partial charge in [-0.2, -0.15) is 5.10 Å². The van der Waals surface area contributed by atoms with E-state index in [2.05, 4.69) is 10.2 Å². The number of carbonyl (C=O) groups is 2. The number of nitrogens with one attached hydrogen (secondary N) is 1. The van der Waals surface area contributed by atoms with E-state index in [9.17, 15) is 9.59 Å². The first-order chi connectivity index (χ1) is 12.6. The molecule has 1 atom stereocenters. The summed E-state index contributed by atoms with van der Waals surface area (Å²) in [4.78, 5) is 28.6. The molecule has 2 heterocycles. The van der Waals surface area contributed by atoms with Gasteiger partial charge in [0.05, 0.1) is 11.4 Å². The van der Waals surface area contributed by atoms with E-state index in [0.717, 1.165) is 16.5 Å². The van der Waals surface area contributed by atoms with Crippen LogP contribution < -0.4 is 4.90 Å². The Kier molecular flexibility index (Phi) is 4.16. The van der Waals surface area contributed by atoms with Crippen molar-refractivity contribution in [2.45, 2.75) is 13.0 Å². The number of amides is 2. The van der Waals surface area contributed by atoms with Crippen molar-refractivity contribution in [1.29, 1.82) is 0 Å². The normalized spacial score (nSPS) is 17.0. The maximum Gasteiger partial charge on any atom is 0.229 e. The Balaban J connectivity index is 1.49. The Morgan fingerprint density at radius 2 is 1.92 bits per heavy atom. The minimum Gasteiger partial charge on any atom is -0.341 e. The van der Waals surface area contributed by atoms with Crippen LogP contribution >= 0.6 is 0 Å². The molecule has 0 unspecified atom stereocenters. The summed E-state index contributed by atoms with van der Waals surface area (Å²) < 4.78 is 0. The molecule has 6 nitrogen and oxygen atoms in total. The molecular formula is C20H20N4O2. The summed E-state index contributed by atoms with van der Waals surface area (Å²) in [6, 6.07) is 17.5. The second-order valence-electron chi connectivity index (χ2n) is 6.68. The lowest BCUT2D eigenvalue weighted by Gasteiger charge is -2.21. The quantitative estimate of drug-likeness (QED) is 0.788. The maximum absolute atomic E-state index is 12.8. The number of carbonyl (C=O) groups excluding carboxylic acids is 2. The zero-order chi connectivity index (χ0) is 18.1. The van der Waals surface area contributed by atoms with Gasteiger partial charge >= 0.3 is 0 Å². The van der Waals surface area contributed by atoms with Crippen LogP contribution in [0.15, 0.2) is 54.6 Å². The Morgan fingerprint density at radius 3 is 2.73 bits per heavy atom. The summed E-state index contributed by atoms with van der Waals surface area (Å²) in [5.41, 5.74) is 1.95. The third-order valence-electron chi connectivity index (χ3n) is 4.82. The molecule has 0 aliphatic carbocycles. The van der Waals surface area contributed by atoms with Crippen LogP contribution in [0.1, 0.15) is 12.0 Å². The molecule has 1 saturated heterocycles. The minimum atomic E-state index is -0.341. The second kappa shape index (κ2) is 6.63. The fraction of sp³-hybridized carbons (Fsp3) is 0.250. The lowest BCUT2D eigenvalue weighted by atomic mass is 10.1. The van der Waals surface area contributed by atoms with Crippen LogP contribution in [0.5, 0.6) is 0 Å². The average Bonchev–Trinajstić information content (AvgIpc) is 3.25. The van der Waals surface area contributed by atoms with E-state index in [1.165, 1.54) is 0 Å². The van der Waals surface area contributed by atoms with Gasteiger partial charge in [-0.1, -0.05) is 42.5 Å². The van der Waals surface area contributed by atoms with E-state index >= 15 is 0 Å². The number of aromatic nitrogens is 2. The topological polar surface area (TPSA) is 69.3 Å². The zero-order valence-corrected chi connectivity index (χ0v) is 14.6. The molecule has 6 heteroatoms. The van der Waals surface area contributed by atoms with Crippen molar-refractivity contribution < 1.29 is 9.59 Å². The first-order valence-corrected chi connectivity index (χ1v) is 8.66. The summed E-state index contributed by atoms with van der Waals surface area (Å²) in [6.07, 6.45) is 0.221. The van der Waals surface area contributed by atoms with Crippen molar-refractivity contribution in [2.24, 2.45) is 5.92 Å². The van der Waals surface area contributed by atoms with E-state index < -0.39 is 0 Å². The zero-order valence-electron chi connectivity index (χ0n) is 14.6. The number of para-hydroxylation sites is 1. The highest BCUT2D eigenvalue weighted by atomic mass is 16.2. The minimum absolute atomic E-state index is 0.00968. The van der Waals surface area contributed by atoms with Gasteiger partial charge in [-0.15, -0.1) is 0 Å². The summed E-state index contributed by atoms with van der Waals surface area (Å²) >= 11 is 0. The van der Waals surface area contributed by atoms with Gasteiger partial charge in [-0.05, 0) is 17.7 Å². The fourth-order valence-electron chi connectivity index (χ4n) is 3.48. The number of hydrogen-bond donors (Lipinski definition) is 1. The molecule has 1 aliphatic heterocycles. The summed E-state index contributed by atoms with van der Waals surface area (Å²) in [6.45, 7) is 0.904. The molecular weight excluding hydrogens is 328 g/mol. The molecule has 1 aromatic heterocycles. The van der Waals surface area contributed by atoms with Crippen LogP contribution in [0.2, 0.25) is 0 Å². The van der Waals surface area contributed by atoms with Gasteiger partial charge in [-0.3, -0.25) is 19.6 Å². The van der Waals surface area contributed by atoms with Crippen LogP contribution in [-0.2, 0) is 16.1 Å². The molecule has 3 aromatic rings. The molecule has 0 radical (unpaired) electrons. The van der Waals surface area contributed by atoms with Crippen molar-refractivity contribution in [1.82, 2.24) is 15.1 Å². The number of fused-ring (bicyclic) bond motifs is 1. The fourth-order valence-corrected chi connectivity index (χ4v) is 3.48. The standard InChI is InChI=1S/C20H20N4O2/c1-23(12-14-7-3-2-4-8-14)20(26)15-11-18(25)24(13-15)19-16-9-5-6-10-17(16)21-22-19/h2-10,15H,11-13H2,1H3,(H,21,22)/t15-/m1/s1. The van der Waals surface area contributed by atoms with E-state index in [-0.39, 0.29) is 24.2 Å². The number of hydrogen-bond acceptors (Lipinski definition) is 3. The number of nitrogens with zero attached hydrogens (tertiary/aromatic N) is 3. The molecule has 26 heavy (non-hydrogen) atoms. The Morgan fingerprint density at radius 1 is 1.19 bits per heavy atom.